The Morgan fingerprint density at radius 2 is 2.35 bits per heavy atom. The lowest BCUT2D eigenvalue weighted by Gasteiger charge is -2.32. The van der Waals surface area contributed by atoms with Gasteiger partial charge in [0.25, 0.3) is 5.91 Å². The number of anilines is 1. The van der Waals surface area contributed by atoms with Crippen LogP contribution in [0.1, 0.15) is 35.2 Å². The first-order valence-electron chi connectivity index (χ1n) is 7.55. The molecule has 3 rings (SSSR count). The third-order valence-electron chi connectivity index (χ3n) is 4.41. The van der Waals surface area contributed by atoms with Crippen molar-refractivity contribution in [3.05, 3.63) is 29.3 Å². The number of amides is 1. The average Bonchev–Trinajstić information content (AvgIpc) is 2.94. The molecule has 0 aliphatic carbocycles. The minimum Gasteiger partial charge on any atom is -0.396 e. The first kappa shape index (κ1) is 13.4. The van der Waals surface area contributed by atoms with Gasteiger partial charge in [-0.2, -0.15) is 0 Å². The standard InChI is InChI=1S/C16H22N2O2/c19-9-6-12-2-1-8-18(11-12)16(20)14-4-3-13-5-7-17-15(13)10-14/h3-4,10,12,17,19H,1-2,5-9,11H2. The summed E-state index contributed by atoms with van der Waals surface area (Å²) in [5.41, 5.74) is 3.20. The molecule has 0 saturated carbocycles. The molecule has 1 atom stereocenters. The van der Waals surface area contributed by atoms with Crippen molar-refractivity contribution >= 4 is 11.6 Å². The second-order valence-electron chi connectivity index (χ2n) is 5.82. The highest BCUT2D eigenvalue weighted by Crippen LogP contribution is 2.25. The van der Waals surface area contributed by atoms with Crippen LogP contribution in [0.3, 0.4) is 0 Å². The summed E-state index contributed by atoms with van der Waals surface area (Å²) in [6.45, 7) is 2.81. The van der Waals surface area contributed by atoms with E-state index in [4.69, 9.17) is 5.11 Å². The minimum atomic E-state index is 0.129. The van der Waals surface area contributed by atoms with Crippen LogP contribution in [0.4, 0.5) is 5.69 Å². The van der Waals surface area contributed by atoms with Crippen molar-refractivity contribution in [2.45, 2.75) is 25.7 Å². The van der Waals surface area contributed by atoms with Crippen LogP contribution in [0.2, 0.25) is 0 Å². The van der Waals surface area contributed by atoms with Crippen molar-refractivity contribution in [1.29, 1.82) is 0 Å². The van der Waals surface area contributed by atoms with Crippen LogP contribution in [-0.4, -0.2) is 42.2 Å². The second kappa shape index (κ2) is 5.83. The monoisotopic (exact) mass is 274 g/mol. The third kappa shape index (κ3) is 2.66. The number of nitrogens with one attached hydrogen (secondary N) is 1. The molecule has 0 bridgehead atoms. The fraction of sp³-hybridized carbons (Fsp3) is 0.562. The molecule has 1 fully saturated rings. The number of nitrogens with zero attached hydrogens (tertiary/aromatic N) is 1. The van der Waals surface area contributed by atoms with E-state index in [1.54, 1.807) is 0 Å². The second-order valence-corrected chi connectivity index (χ2v) is 5.82. The number of rotatable bonds is 3. The van der Waals surface area contributed by atoms with E-state index < -0.39 is 0 Å². The molecule has 1 amide bonds. The number of likely N-dealkylation sites (tertiary alicyclic amines) is 1. The van der Waals surface area contributed by atoms with Gasteiger partial charge in [-0.1, -0.05) is 6.07 Å². The molecule has 2 heterocycles. The summed E-state index contributed by atoms with van der Waals surface area (Å²) in [6, 6.07) is 6.00. The normalized spacial score (nSPS) is 21.4. The molecule has 1 aromatic carbocycles. The highest BCUT2D eigenvalue weighted by molar-refractivity contribution is 5.95. The van der Waals surface area contributed by atoms with Crippen LogP contribution >= 0.6 is 0 Å². The minimum absolute atomic E-state index is 0.129. The van der Waals surface area contributed by atoms with E-state index in [2.05, 4.69) is 11.4 Å². The van der Waals surface area contributed by atoms with Gasteiger partial charge in [0.15, 0.2) is 0 Å². The van der Waals surface area contributed by atoms with E-state index in [-0.39, 0.29) is 12.5 Å². The molecular weight excluding hydrogens is 252 g/mol. The molecule has 1 aromatic rings. The van der Waals surface area contributed by atoms with Gasteiger partial charge in [-0.3, -0.25) is 4.79 Å². The van der Waals surface area contributed by atoms with Gasteiger partial charge in [0.05, 0.1) is 0 Å². The Morgan fingerprint density at radius 1 is 1.45 bits per heavy atom. The number of benzene rings is 1. The van der Waals surface area contributed by atoms with Crippen molar-refractivity contribution in [2.24, 2.45) is 5.92 Å². The Bertz CT molecular complexity index is 499. The van der Waals surface area contributed by atoms with Crippen molar-refractivity contribution in [3.8, 4) is 0 Å². The predicted molar refractivity (Wildman–Crippen MR) is 79.0 cm³/mol. The molecule has 1 unspecified atom stereocenters. The third-order valence-corrected chi connectivity index (χ3v) is 4.41. The molecule has 0 spiro atoms. The van der Waals surface area contributed by atoms with Gasteiger partial charge in [-0.05, 0) is 49.3 Å². The summed E-state index contributed by atoms with van der Waals surface area (Å²) in [5.74, 6) is 0.578. The lowest BCUT2D eigenvalue weighted by Crippen LogP contribution is -2.40. The number of hydrogen-bond donors (Lipinski definition) is 2. The molecule has 2 aliphatic rings. The summed E-state index contributed by atoms with van der Waals surface area (Å²) in [4.78, 5) is 14.5. The zero-order valence-electron chi connectivity index (χ0n) is 11.8. The molecule has 0 aromatic heterocycles. The van der Waals surface area contributed by atoms with Gasteiger partial charge >= 0.3 is 0 Å². The molecular formula is C16H22N2O2. The van der Waals surface area contributed by atoms with Crippen molar-refractivity contribution in [1.82, 2.24) is 4.90 Å². The molecule has 4 heteroatoms. The maximum absolute atomic E-state index is 12.6. The molecule has 4 nitrogen and oxygen atoms in total. The number of piperidine rings is 1. The molecule has 2 aliphatic heterocycles. The van der Waals surface area contributed by atoms with Crippen LogP contribution in [0.15, 0.2) is 18.2 Å². The number of aliphatic hydroxyl groups excluding tert-OH is 1. The zero-order valence-corrected chi connectivity index (χ0v) is 11.8. The lowest BCUT2D eigenvalue weighted by molar-refractivity contribution is 0.0653. The number of hydrogen-bond acceptors (Lipinski definition) is 3. The Hall–Kier alpha value is -1.55. The highest BCUT2D eigenvalue weighted by Gasteiger charge is 2.24. The SMILES string of the molecule is O=C(c1ccc2c(c1)NCC2)N1CCCC(CCO)C1. The maximum atomic E-state index is 12.6. The van der Waals surface area contributed by atoms with Gasteiger partial charge in [-0.15, -0.1) is 0 Å². The Kier molecular flexibility index (Phi) is 3.92. The summed E-state index contributed by atoms with van der Waals surface area (Å²) in [5, 5.41) is 12.4. The Balaban J connectivity index is 1.72. The van der Waals surface area contributed by atoms with Crippen molar-refractivity contribution in [3.63, 3.8) is 0 Å². The van der Waals surface area contributed by atoms with Crippen LogP contribution in [-0.2, 0) is 6.42 Å². The van der Waals surface area contributed by atoms with E-state index in [9.17, 15) is 4.79 Å². The van der Waals surface area contributed by atoms with Gasteiger partial charge in [0, 0.05) is 37.5 Å². The zero-order chi connectivity index (χ0) is 13.9. The predicted octanol–water partition coefficient (Wildman–Crippen LogP) is 1.89. The van der Waals surface area contributed by atoms with E-state index in [0.717, 1.165) is 56.6 Å². The van der Waals surface area contributed by atoms with Crippen LogP contribution in [0, 0.1) is 5.92 Å². The number of carbonyl (C=O) groups is 1. The Morgan fingerprint density at radius 3 is 3.20 bits per heavy atom. The van der Waals surface area contributed by atoms with Gasteiger partial charge in [-0.25, -0.2) is 0 Å². The van der Waals surface area contributed by atoms with Crippen molar-refractivity contribution < 1.29 is 9.90 Å². The van der Waals surface area contributed by atoms with E-state index in [1.165, 1.54) is 5.56 Å². The summed E-state index contributed by atoms with van der Waals surface area (Å²) in [7, 11) is 0. The van der Waals surface area contributed by atoms with Crippen LogP contribution in [0.5, 0.6) is 0 Å². The quantitative estimate of drug-likeness (QED) is 0.885. The van der Waals surface area contributed by atoms with Crippen molar-refractivity contribution in [2.75, 3.05) is 31.6 Å². The first-order valence-corrected chi connectivity index (χ1v) is 7.55. The largest absolute Gasteiger partial charge is 0.396 e. The molecule has 2 N–H and O–H groups in total. The fourth-order valence-electron chi connectivity index (χ4n) is 3.27. The summed E-state index contributed by atoms with van der Waals surface area (Å²) in [6.07, 6.45) is 4.01. The summed E-state index contributed by atoms with van der Waals surface area (Å²) < 4.78 is 0. The Labute approximate surface area is 119 Å². The van der Waals surface area contributed by atoms with E-state index in [1.807, 2.05) is 17.0 Å². The smallest absolute Gasteiger partial charge is 0.253 e. The first-order chi connectivity index (χ1) is 9.78. The maximum Gasteiger partial charge on any atom is 0.253 e. The molecule has 0 radical (unpaired) electrons. The van der Waals surface area contributed by atoms with Gasteiger partial charge in [0.2, 0.25) is 0 Å². The fourth-order valence-corrected chi connectivity index (χ4v) is 3.27. The molecule has 1 saturated heterocycles. The van der Waals surface area contributed by atoms with E-state index in [0.29, 0.717) is 5.92 Å². The average molecular weight is 274 g/mol. The lowest BCUT2D eigenvalue weighted by atomic mass is 9.94. The molecule has 108 valence electrons. The van der Waals surface area contributed by atoms with Crippen LogP contribution in [0.25, 0.3) is 0 Å². The number of fused-ring (bicyclic) bond motifs is 1. The van der Waals surface area contributed by atoms with E-state index >= 15 is 0 Å². The number of aliphatic hydroxyl groups is 1. The highest BCUT2D eigenvalue weighted by atomic mass is 16.3. The number of carbonyl (C=O) groups excluding carboxylic acids is 1. The summed E-state index contributed by atoms with van der Waals surface area (Å²) >= 11 is 0. The van der Waals surface area contributed by atoms with Gasteiger partial charge < -0.3 is 15.3 Å². The van der Waals surface area contributed by atoms with Gasteiger partial charge in [0.1, 0.15) is 0 Å². The van der Waals surface area contributed by atoms with Crippen LogP contribution < -0.4 is 5.32 Å². The topological polar surface area (TPSA) is 52.6 Å². The molecule has 20 heavy (non-hydrogen) atoms.